The van der Waals surface area contributed by atoms with E-state index in [1.54, 1.807) is 42.1 Å². The van der Waals surface area contributed by atoms with Crippen molar-refractivity contribution in [2.24, 2.45) is 23.2 Å². The van der Waals surface area contributed by atoms with Crippen LogP contribution in [0.3, 0.4) is 0 Å². The number of rotatable bonds is 3. The minimum atomic E-state index is -1.46. The Labute approximate surface area is 225 Å². The monoisotopic (exact) mass is 536 g/mol. The smallest absolute Gasteiger partial charge is 0.153 e. The van der Waals surface area contributed by atoms with E-state index in [0.29, 0.717) is 59.4 Å². The fourth-order valence-corrected chi connectivity index (χ4v) is 5.67. The van der Waals surface area contributed by atoms with Gasteiger partial charge < -0.3 is 30.9 Å². The predicted molar refractivity (Wildman–Crippen MR) is 149 cm³/mol. The van der Waals surface area contributed by atoms with E-state index in [4.69, 9.17) is 27.0 Å². The first kappa shape index (κ1) is 26.9. The van der Waals surface area contributed by atoms with Gasteiger partial charge in [-0.15, -0.1) is 0 Å². The zero-order valence-corrected chi connectivity index (χ0v) is 22.3. The van der Waals surface area contributed by atoms with Crippen LogP contribution in [0, 0.1) is 11.7 Å². The van der Waals surface area contributed by atoms with Crippen LogP contribution in [0.4, 0.5) is 8.78 Å². The number of nitrogens with zero attached hydrogens (tertiary/aromatic N) is 3. The van der Waals surface area contributed by atoms with Gasteiger partial charge >= 0.3 is 0 Å². The molecule has 2 aliphatic heterocycles. The van der Waals surface area contributed by atoms with Crippen LogP contribution >= 0.6 is 0 Å². The number of aliphatic hydroxyl groups is 1. The molecule has 2 aliphatic rings. The van der Waals surface area contributed by atoms with Gasteiger partial charge in [0, 0.05) is 43.0 Å². The van der Waals surface area contributed by atoms with Gasteiger partial charge in [-0.25, -0.2) is 14.6 Å². The van der Waals surface area contributed by atoms with Crippen molar-refractivity contribution in [2.75, 3.05) is 20.3 Å². The third-order valence-electron chi connectivity index (χ3n) is 7.51. The summed E-state index contributed by atoms with van der Waals surface area (Å²) in [4.78, 5) is 4.72. The standard InChI is InChI=1S/C29H34F2N6O2/c1-29(2,38)19-9-8-18-25-22-14-17(15-35-25)26(36(3)34)21(32)7-5-4-6-20(30)24(33)27(16-10-12-39-13-11-16)37(22)28(18)23(19)31/h4-9,14-16,27,38H,10-13,32-34H2,1-3H3/b6-4-,7-5-,24-20+,26-21-. The number of fused-ring (bicyclic) bond motifs is 4. The zero-order valence-electron chi connectivity index (χ0n) is 22.3. The number of pyridine rings is 1. The van der Waals surface area contributed by atoms with Crippen LogP contribution in [0.2, 0.25) is 0 Å². The number of benzene rings is 1. The summed E-state index contributed by atoms with van der Waals surface area (Å²) in [5.74, 6) is 4.78. The summed E-state index contributed by atoms with van der Waals surface area (Å²) in [6.07, 6.45) is 8.83. The van der Waals surface area contributed by atoms with Crippen LogP contribution in [-0.2, 0) is 10.3 Å². The van der Waals surface area contributed by atoms with Crippen molar-refractivity contribution in [1.29, 1.82) is 0 Å². The van der Waals surface area contributed by atoms with E-state index in [2.05, 4.69) is 0 Å². The lowest BCUT2D eigenvalue weighted by Gasteiger charge is -2.33. The summed E-state index contributed by atoms with van der Waals surface area (Å²) in [5.41, 5.74) is 14.3. The fraction of sp³-hybridized carbons (Fsp3) is 0.345. The SMILES string of the molecule is CN(N)/C1=C(N)/C=C\C=C/C(F)=C(\N)C(C2CCOCC2)n2c3cc1cnc3c1ccc(C(C)(C)O)c(F)c12. The molecule has 7 N–H and O–H groups in total. The number of hydrazine groups is 1. The van der Waals surface area contributed by atoms with Crippen molar-refractivity contribution in [3.63, 3.8) is 0 Å². The Hall–Kier alpha value is -3.73. The van der Waals surface area contributed by atoms with E-state index < -0.39 is 23.3 Å². The summed E-state index contributed by atoms with van der Waals surface area (Å²) in [5, 5.41) is 12.7. The molecule has 2 aromatic heterocycles. The third-order valence-corrected chi connectivity index (χ3v) is 7.51. The van der Waals surface area contributed by atoms with Gasteiger partial charge in [0.05, 0.1) is 45.3 Å². The molecule has 0 spiro atoms. The molecule has 10 heteroatoms. The number of aromatic nitrogens is 2. The Morgan fingerprint density at radius 3 is 2.49 bits per heavy atom. The number of nitrogens with two attached hydrogens (primary N) is 3. The Morgan fingerprint density at radius 1 is 1.13 bits per heavy atom. The zero-order chi connectivity index (χ0) is 28.1. The Morgan fingerprint density at radius 2 is 1.82 bits per heavy atom. The largest absolute Gasteiger partial charge is 0.398 e. The second-order valence-corrected chi connectivity index (χ2v) is 10.7. The predicted octanol–water partition coefficient (Wildman–Crippen LogP) is 4.22. The van der Waals surface area contributed by atoms with Crippen molar-refractivity contribution >= 4 is 27.6 Å². The molecule has 1 saturated heterocycles. The lowest BCUT2D eigenvalue weighted by molar-refractivity contribution is 0.0542. The number of halogens is 2. The lowest BCUT2D eigenvalue weighted by atomic mass is 9.88. The van der Waals surface area contributed by atoms with Gasteiger partial charge in [-0.2, -0.15) is 0 Å². The van der Waals surface area contributed by atoms with Crippen molar-refractivity contribution < 1.29 is 18.6 Å². The molecule has 8 nitrogen and oxygen atoms in total. The number of allylic oxidation sites excluding steroid dienone is 6. The molecule has 0 aliphatic carbocycles. The maximum absolute atomic E-state index is 16.5. The molecule has 206 valence electrons. The Kier molecular flexibility index (Phi) is 6.96. The molecular formula is C29H34F2N6O2. The molecule has 1 fully saturated rings. The van der Waals surface area contributed by atoms with Crippen LogP contribution < -0.4 is 17.3 Å². The van der Waals surface area contributed by atoms with Crippen molar-refractivity contribution in [1.82, 2.24) is 14.6 Å². The average Bonchev–Trinajstić information content (AvgIpc) is 3.20. The Bertz CT molecular complexity index is 1560. The maximum atomic E-state index is 16.5. The van der Waals surface area contributed by atoms with E-state index >= 15 is 8.78 Å². The minimum Gasteiger partial charge on any atom is -0.398 e. The molecule has 1 unspecified atom stereocenters. The molecule has 4 heterocycles. The van der Waals surface area contributed by atoms with Crippen molar-refractivity contribution in [3.05, 3.63) is 82.9 Å². The maximum Gasteiger partial charge on any atom is 0.153 e. The second kappa shape index (κ2) is 10.1. The summed E-state index contributed by atoms with van der Waals surface area (Å²) in [7, 11) is 1.66. The number of hydrogen-bond donors (Lipinski definition) is 4. The first-order chi connectivity index (χ1) is 18.5. The molecule has 3 aromatic rings. The van der Waals surface area contributed by atoms with Gasteiger partial charge in [-0.05, 0) is 50.8 Å². The van der Waals surface area contributed by atoms with E-state index in [1.165, 1.54) is 31.0 Å². The molecule has 5 rings (SSSR count). The first-order valence-electron chi connectivity index (χ1n) is 12.9. The van der Waals surface area contributed by atoms with Gasteiger partial charge in [0.1, 0.15) is 5.83 Å². The summed E-state index contributed by atoms with van der Waals surface area (Å²) >= 11 is 0. The highest BCUT2D eigenvalue weighted by atomic mass is 19.1. The van der Waals surface area contributed by atoms with Gasteiger partial charge in [0.2, 0.25) is 0 Å². The second-order valence-electron chi connectivity index (χ2n) is 10.7. The highest BCUT2D eigenvalue weighted by molar-refractivity contribution is 6.07. The van der Waals surface area contributed by atoms with Crippen LogP contribution in [0.25, 0.3) is 27.6 Å². The van der Waals surface area contributed by atoms with Crippen molar-refractivity contribution in [3.8, 4) is 0 Å². The lowest BCUT2D eigenvalue weighted by Crippen LogP contribution is -2.31. The summed E-state index contributed by atoms with van der Waals surface area (Å²) < 4.78 is 39.5. The third kappa shape index (κ3) is 4.69. The van der Waals surface area contributed by atoms with Crippen LogP contribution in [0.1, 0.15) is 43.9 Å². The molecule has 39 heavy (non-hydrogen) atoms. The van der Waals surface area contributed by atoms with Crippen LogP contribution in [-0.4, -0.2) is 39.9 Å². The first-order valence-corrected chi connectivity index (χ1v) is 12.9. The van der Waals surface area contributed by atoms with Gasteiger partial charge in [0.25, 0.3) is 0 Å². The van der Waals surface area contributed by atoms with Crippen LogP contribution in [0.15, 0.2) is 65.9 Å². The highest BCUT2D eigenvalue weighted by Gasteiger charge is 2.34. The molecule has 0 radical (unpaired) electrons. The highest BCUT2D eigenvalue weighted by Crippen LogP contribution is 2.43. The minimum absolute atomic E-state index is 0.0276. The molecule has 1 aromatic carbocycles. The van der Waals surface area contributed by atoms with Crippen LogP contribution in [0.5, 0.6) is 0 Å². The number of ether oxygens (including phenoxy) is 1. The molecule has 0 saturated carbocycles. The normalized spacial score (nSPS) is 24.9. The molecular weight excluding hydrogens is 502 g/mol. The fourth-order valence-electron chi connectivity index (χ4n) is 5.67. The van der Waals surface area contributed by atoms with E-state index in [-0.39, 0.29) is 22.7 Å². The molecule has 0 amide bonds. The summed E-state index contributed by atoms with van der Waals surface area (Å²) in [6, 6.07) is 4.37. The molecule has 1 atom stereocenters. The quantitative estimate of drug-likeness (QED) is 0.291. The topological polar surface area (TPSA) is 129 Å². The Balaban J connectivity index is 1.98. The number of hydrogen-bond acceptors (Lipinski definition) is 7. The van der Waals surface area contributed by atoms with E-state index in [9.17, 15) is 5.11 Å². The summed E-state index contributed by atoms with van der Waals surface area (Å²) in [6.45, 7) is 4.01. The van der Waals surface area contributed by atoms with Crippen molar-refractivity contribution in [2.45, 2.75) is 38.3 Å². The van der Waals surface area contributed by atoms with E-state index in [0.717, 1.165) is 0 Å². The van der Waals surface area contributed by atoms with Gasteiger partial charge in [0.15, 0.2) is 5.82 Å². The van der Waals surface area contributed by atoms with Gasteiger partial charge in [-0.1, -0.05) is 24.3 Å². The van der Waals surface area contributed by atoms with E-state index in [1.807, 2.05) is 6.07 Å². The average molecular weight is 537 g/mol. The molecule has 2 bridgehead atoms. The van der Waals surface area contributed by atoms with Gasteiger partial charge in [-0.3, -0.25) is 4.98 Å².